The van der Waals surface area contributed by atoms with Crippen molar-refractivity contribution >= 4 is 0 Å². The average molecular weight is 265 g/mol. The van der Waals surface area contributed by atoms with E-state index < -0.39 is 0 Å². The fourth-order valence-corrected chi connectivity index (χ4v) is 2.91. The topological polar surface area (TPSA) is 39.1 Å². The van der Waals surface area contributed by atoms with E-state index in [1.54, 1.807) is 0 Å². The summed E-state index contributed by atoms with van der Waals surface area (Å²) in [5.41, 5.74) is 0.230. The second kappa shape index (κ2) is 6.06. The van der Waals surface area contributed by atoms with Crippen molar-refractivity contribution in [2.24, 2.45) is 11.3 Å². The normalized spacial score (nSPS) is 25.7. The van der Waals surface area contributed by atoms with Gasteiger partial charge in [-0.1, -0.05) is 20.8 Å². The summed E-state index contributed by atoms with van der Waals surface area (Å²) in [6.07, 6.45) is 5.38. The Labute approximate surface area is 116 Å². The lowest BCUT2D eigenvalue weighted by Crippen LogP contribution is -2.40. The Bertz CT molecular complexity index is 369. The lowest BCUT2D eigenvalue weighted by molar-refractivity contribution is 0.00678. The summed E-state index contributed by atoms with van der Waals surface area (Å²) >= 11 is 0. The quantitative estimate of drug-likeness (QED) is 0.888. The first-order valence-corrected chi connectivity index (χ1v) is 7.29. The third-order valence-electron chi connectivity index (χ3n) is 3.82. The molecular formula is C15H27N3O. The third-order valence-corrected chi connectivity index (χ3v) is 3.82. The first-order chi connectivity index (χ1) is 8.97. The van der Waals surface area contributed by atoms with E-state index in [1.165, 1.54) is 6.42 Å². The van der Waals surface area contributed by atoms with Gasteiger partial charge in [-0.05, 0) is 24.8 Å². The zero-order valence-corrected chi connectivity index (χ0v) is 12.6. The van der Waals surface area contributed by atoms with Crippen molar-refractivity contribution in [3.8, 4) is 0 Å². The highest BCUT2D eigenvalue weighted by molar-refractivity contribution is 4.87. The van der Waals surface area contributed by atoms with Gasteiger partial charge in [-0.25, -0.2) is 0 Å². The Kier molecular flexibility index (Phi) is 4.63. The van der Waals surface area contributed by atoms with Crippen LogP contribution in [0.1, 0.15) is 34.1 Å². The molecule has 0 aliphatic carbocycles. The number of rotatable bonds is 5. The third kappa shape index (κ3) is 4.05. The molecule has 1 saturated heterocycles. The maximum Gasteiger partial charge on any atom is 0.0664 e. The van der Waals surface area contributed by atoms with Crippen LogP contribution < -0.4 is 5.32 Å². The van der Waals surface area contributed by atoms with Crippen LogP contribution in [-0.4, -0.2) is 35.1 Å². The first kappa shape index (κ1) is 14.5. The number of ether oxygens (including phenoxy) is 1. The van der Waals surface area contributed by atoms with Crippen LogP contribution in [0.5, 0.6) is 0 Å². The van der Waals surface area contributed by atoms with Crippen molar-refractivity contribution < 1.29 is 4.74 Å². The van der Waals surface area contributed by atoms with E-state index in [2.05, 4.69) is 38.1 Å². The van der Waals surface area contributed by atoms with E-state index in [1.807, 2.05) is 23.1 Å². The van der Waals surface area contributed by atoms with E-state index >= 15 is 0 Å². The SMILES string of the molecule is C[C@H](Cn1cccn1)NC[C@H]1CCO[C@@H]1C(C)(C)C. The molecule has 0 unspecified atom stereocenters. The summed E-state index contributed by atoms with van der Waals surface area (Å²) in [6, 6.07) is 2.40. The lowest BCUT2D eigenvalue weighted by atomic mass is 9.81. The largest absolute Gasteiger partial charge is 0.377 e. The maximum atomic E-state index is 5.91. The molecule has 1 N–H and O–H groups in total. The fourth-order valence-electron chi connectivity index (χ4n) is 2.91. The van der Waals surface area contributed by atoms with Crippen molar-refractivity contribution in [3.63, 3.8) is 0 Å². The van der Waals surface area contributed by atoms with Crippen molar-refractivity contribution in [3.05, 3.63) is 18.5 Å². The van der Waals surface area contributed by atoms with Crippen LogP contribution >= 0.6 is 0 Å². The predicted octanol–water partition coefficient (Wildman–Crippen LogP) is 2.31. The van der Waals surface area contributed by atoms with E-state index in [0.717, 1.165) is 19.7 Å². The number of nitrogens with one attached hydrogen (secondary N) is 1. The number of aromatic nitrogens is 2. The average Bonchev–Trinajstić information content (AvgIpc) is 2.95. The first-order valence-electron chi connectivity index (χ1n) is 7.29. The predicted molar refractivity (Wildman–Crippen MR) is 77.0 cm³/mol. The molecule has 1 fully saturated rings. The smallest absolute Gasteiger partial charge is 0.0664 e. The van der Waals surface area contributed by atoms with Gasteiger partial charge >= 0.3 is 0 Å². The minimum atomic E-state index is 0.230. The number of hydrogen-bond donors (Lipinski definition) is 1. The van der Waals surface area contributed by atoms with Gasteiger partial charge in [-0.3, -0.25) is 4.68 Å². The van der Waals surface area contributed by atoms with Gasteiger partial charge in [0.15, 0.2) is 0 Å². The lowest BCUT2D eigenvalue weighted by Gasteiger charge is -2.31. The molecule has 0 bridgehead atoms. The van der Waals surface area contributed by atoms with Gasteiger partial charge in [0.25, 0.3) is 0 Å². The Hall–Kier alpha value is -0.870. The summed E-state index contributed by atoms with van der Waals surface area (Å²) in [5.74, 6) is 0.625. The Morgan fingerprint density at radius 1 is 1.47 bits per heavy atom. The van der Waals surface area contributed by atoms with Crippen molar-refractivity contribution in [2.45, 2.75) is 52.8 Å². The van der Waals surface area contributed by atoms with Gasteiger partial charge in [0.1, 0.15) is 0 Å². The molecule has 19 heavy (non-hydrogen) atoms. The van der Waals surface area contributed by atoms with Crippen LogP contribution in [0, 0.1) is 11.3 Å². The van der Waals surface area contributed by atoms with Crippen molar-refractivity contribution in [2.75, 3.05) is 13.2 Å². The molecule has 0 saturated carbocycles. The van der Waals surface area contributed by atoms with E-state index in [0.29, 0.717) is 18.1 Å². The maximum absolute atomic E-state index is 5.91. The van der Waals surface area contributed by atoms with Gasteiger partial charge < -0.3 is 10.1 Å². The second-order valence-corrected chi connectivity index (χ2v) is 6.74. The monoisotopic (exact) mass is 265 g/mol. The highest BCUT2D eigenvalue weighted by Crippen LogP contribution is 2.34. The summed E-state index contributed by atoms with van der Waals surface area (Å²) in [7, 11) is 0. The molecule has 0 aromatic carbocycles. The number of nitrogens with zero attached hydrogens (tertiary/aromatic N) is 2. The van der Waals surface area contributed by atoms with Crippen LogP contribution in [0.25, 0.3) is 0 Å². The van der Waals surface area contributed by atoms with Crippen LogP contribution in [0.15, 0.2) is 18.5 Å². The van der Waals surface area contributed by atoms with E-state index in [9.17, 15) is 0 Å². The summed E-state index contributed by atoms with van der Waals surface area (Å²) in [4.78, 5) is 0. The fraction of sp³-hybridized carbons (Fsp3) is 0.800. The molecule has 4 nitrogen and oxygen atoms in total. The van der Waals surface area contributed by atoms with Gasteiger partial charge in [0.2, 0.25) is 0 Å². The van der Waals surface area contributed by atoms with Gasteiger partial charge in [-0.15, -0.1) is 0 Å². The standard InChI is InChI=1S/C15H27N3O/c1-12(11-18-8-5-7-17-18)16-10-13-6-9-19-14(13)15(2,3)4/h5,7-8,12-14,16H,6,9-11H2,1-4H3/t12-,13-,14+/m1/s1. The second-order valence-electron chi connectivity index (χ2n) is 6.74. The summed E-state index contributed by atoms with van der Waals surface area (Å²) < 4.78 is 7.89. The molecule has 0 amide bonds. The van der Waals surface area contributed by atoms with Crippen LogP contribution in [0.3, 0.4) is 0 Å². The summed E-state index contributed by atoms with van der Waals surface area (Å²) in [6.45, 7) is 11.9. The van der Waals surface area contributed by atoms with Crippen molar-refractivity contribution in [1.29, 1.82) is 0 Å². The molecule has 2 rings (SSSR count). The molecule has 0 radical (unpaired) electrons. The Morgan fingerprint density at radius 3 is 2.89 bits per heavy atom. The Morgan fingerprint density at radius 2 is 2.26 bits per heavy atom. The molecule has 4 heteroatoms. The van der Waals surface area contributed by atoms with Gasteiger partial charge in [0, 0.05) is 37.5 Å². The number of hydrogen-bond acceptors (Lipinski definition) is 3. The van der Waals surface area contributed by atoms with E-state index in [-0.39, 0.29) is 5.41 Å². The zero-order valence-electron chi connectivity index (χ0n) is 12.6. The molecule has 108 valence electrons. The molecule has 3 atom stereocenters. The Balaban J connectivity index is 1.78. The molecule has 2 heterocycles. The molecular weight excluding hydrogens is 238 g/mol. The summed E-state index contributed by atoms with van der Waals surface area (Å²) in [5, 5.41) is 7.87. The van der Waals surface area contributed by atoms with Crippen LogP contribution in [0.2, 0.25) is 0 Å². The minimum absolute atomic E-state index is 0.230. The van der Waals surface area contributed by atoms with Crippen molar-refractivity contribution in [1.82, 2.24) is 15.1 Å². The molecule has 1 aromatic heterocycles. The molecule has 0 spiro atoms. The van der Waals surface area contributed by atoms with E-state index in [4.69, 9.17) is 4.74 Å². The molecule has 1 aliphatic rings. The zero-order chi connectivity index (χ0) is 13.9. The highest BCUT2D eigenvalue weighted by Gasteiger charge is 2.36. The van der Waals surface area contributed by atoms with Gasteiger partial charge in [-0.2, -0.15) is 5.10 Å². The highest BCUT2D eigenvalue weighted by atomic mass is 16.5. The minimum Gasteiger partial charge on any atom is -0.377 e. The molecule has 1 aliphatic heterocycles. The van der Waals surface area contributed by atoms with Crippen LogP contribution in [-0.2, 0) is 11.3 Å². The van der Waals surface area contributed by atoms with Crippen LogP contribution in [0.4, 0.5) is 0 Å². The molecule has 1 aromatic rings. The van der Waals surface area contributed by atoms with Gasteiger partial charge in [0.05, 0.1) is 12.6 Å².